The zero-order valence-electron chi connectivity index (χ0n) is 12.5. The molecule has 0 N–H and O–H groups in total. The van der Waals surface area contributed by atoms with Crippen molar-refractivity contribution in [3.8, 4) is 22.6 Å². The van der Waals surface area contributed by atoms with E-state index in [9.17, 15) is 8.42 Å². The van der Waals surface area contributed by atoms with Gasteiger partial charge < -0.3 is 0 Å². The maximum absolute atomic E-state index is 12.2. The highest BCUT2D eigenvalue weighted by molar-refractivity contribution is 7.91. The van der Waals surface area contributed by atoms with E-state index in [1.54, 1.807) is 43.7 Å². The molecule has 23 heavy (non-hydrogen) atoms. The number of pyridine rings is 3. The summed E-state index contributed by atoms with van der Waals surface area (Å²) >= 11 is 0. The van der Waals surface area contributed by atoms with E-state index < -0.39 is 9.84 Å². The van der Waals surface area contributed by atoms with E-state index in [4.69, 9.17) is 0 Å². The van der Waals surface area contributed by atoms with E-state index in [1.807, 2.05) is 24.3 Å². The molecule has 3 aromatic heterocycles. The molecule has 3 aromatic rings. The fourth-order valence-corrected chi connectivity index (χ4v) is 3.26. The van der Waals surface area contributed by atoms with Gasteiger partial charge in [-0.15, -0.1) is 0 Å². The molecule has 0 aliphatic heterocycles. The Kier molecular flexibility index (Phi) is 4.16. The number of hydrogen-bond acceptors (Lipinski definition) is 5. The summed E-state index contributed by atoms with van der Waals surface area (Å²) in [6.45, 7) is 1.61. The first-order valence-electron chi connectivity index (χ1n) is 7.17. The molecule has 0 aliphatic rings. The van der Waals surface area contributed by atoms with Gasteiger partial charge in [0, 0.05) is 24.2 Å². The predicted molar refractivity (Wildman–Crippen MR) is 88.4 cm³/mol. The Hall–Kier alpha value is -2.60. The molecule has 0 unspecified atom stereocenters. The Balaban J connectivity index is 2.04. The number of rotatable bonds is 4. The van der Waals surface area contributed by atoms with Gasteiger partial charge in [0.15, 0.2) is 9.84 Å². The summed E-state index contributed by atoms with van der Waals surface area (Å²) in [5.41, 5.74) is 2.58. The zero-order chi connectivity index (χ0) is 16.3. The molecular weight excluding hydrogens is 310 g/mol. The largest absolute Gasteiger partial charge is 0.256 e. The van der Waals surface area contributed by atoms with Crippen LogP contribution in [0.15, 0.2) is 66.0 Å². The van der Waals surface area contributed by atoms with Crippen LogP contribution < -0.4 is 0 Å². The summed E-state index contributed by atoms with van der Waals surface area (Å²) in [6.07, 6.45) is 4.96. The van der Waals surface area contributed by atoms with Crippen LogP contribution in [0.4, 0.5) is 0 Å². The standard InChI is InChI=1S/C17H15N3O2S/c1-2-23(21,22)16-7-5-11-19-17(16)15-9-8-13(12-20-15)14-6-3-4-10-18-14/h3-12H,2H2,1H3. The van der Waals surface area contributed by atoms with Gasteiger partial charge in [0.05, 0.1) is 22.0 Å². The van der Waals surface area contributed by atoms with Crippen molar-refractivity contribution in [2.24, 2.45) is 0 Å². The first kappa shape index (κ1) is 15.3. The van der Waals surface area contributed by atoms with Crippen LogP contribution in [-0.4, -0.2) is 29.1 Å². The second-order valence-corrected chi connectivity index (χ2v) is 7.15. The van der Waals surface area contributed by atoms with Crippen LogP contribution in [0.2, 0.25) is 0 Å². The highest BCUT2D eigenvalue weighted by Gasteiger charge is 2.19. The molecule has 5 nitrogen and oxygen atoms in total. The van der Waals surface area contributed by atoms with Crippen molar-refractivity contribution in [1.29, 1.82) is 0 Å². The van der Waals surface area contributed by atoms with E-state index >= 15 is 0 Å². The predicted octanol–water partition coefficient (Wildman–Crippen LogP) is 3.00. The Morgan fingerprint density at radius 1 is 0.870 bits per heavy atom. The van der Waals surface area contributed by atoms with Crippen LogP contribution in [0.3, 0.4) is 0 Å². The van der Waals surface area contributed by atoms with Gasteiger partial charge >= 0.3 is 0 Å². The first-order chi connectivity index (χ1) is 11.1. The number of nitrogens with zero attached hydrogens (tertiary/aromatic N) is 3. The van der Waals surface area contributed by atoms with Crippen LogP contribution in [-0.2, 0) is 9.84 Å². The minimum Gasteiger partial charge on any atom is -0.256 e. The van der Waals surface area contributed by atoms with E-state index in [-0.39, 0.29) is 10.6 Å². The summed E-state index contributed by atoms with van der Waals surface area (Å²) in [5.74, 6) is 0.0255. The average molecular weight is 325 g/mol. The average Bonchev–Trinajstić information content (AvgIpc) is 2.62. The molecule has 0 atom stereocenters. The summed E-state index contributed by atoms with van der Waals surface area (Å²) in [4.78, 5) is 13.1. The minimum absolute atomic E-state index is 0.0255. The highest BCUT2D eigenvalue weighted by atomic mass is 32.2. The van der Waals surface area contributed by atoms with Crippen molar-refractivity contribution in [3.05, 3.63) is 61.1 Å². The van der Waals surface area contributed by atoms with Crippen LogP contribution >= 0.6 is 0 Å². The maximum atomic E-state index is 12.2. The van der Waals surface area contributed by atoms with Crippen LogP contribution in [0.5, 0.6) is 0 Å². The van der Waals surface area contributed by atoms with Gasteiger partial charge in [0.2, 0.25) is 0 Å². The SMILES string of the molecule is CCS(=O)(=O)c1cccnc1-c1ccc(-c2ccccn2)cn1. The Bertz CT molecular complexity index is 908. The summed E-state index contributed by atoms with van der Waals surface area (Å²) < 4.78 is 24.4. The molecule has 116 valence electrons. The van der Waals surface area contributed by atoms with Crippen molar-refractivity contribution >= 4 is 9.84 Å². The smallest absolute Gasteiger partial charge is 0.180 e. The fraction of sp³-hybridized carbons (Fsp3) is 0.118. The molecular formula is C17H15N3O2S. The fourth-order valence-electron chi connectivity index (χ4n) is 2.21. The third kappa shape index (κ3) is 3.12. The second kappa shape index (κ2) is 6.26. The molecule has 0 saturated carbocycles. The second-order valence-electron chi connectivity index (χ2n) is 4.90. The monoisotopic (exact) mass is 325 g/mol. The highest BCUT2D eigenvalue weighted by Crippen LogP contribution is 2.25. The van der Waals surface area contributed by atoms with Gasteiger partial charge in [-0.1, -0.05) is 13.0 Å². The van der Waals surface area contributed by atoms with Crippen molar-refractivity contribution in [1.82, 2.24) is 15.0 Å². The van der Waals surface area contributed by atoms with Gasteiger partial charge in [0.1, 0.15) is 5.69 Å². The lowest BCUT2D eigenvalue weighted by atomic mass is 10.1. The minimum atomic E-state index is -3.35. The molecule has 3 heterocycles. The molecule has 0 aliphatic carbocycles. The van der Waals surface area contributed by atoms with Gasteiger partial charge in [-0.05, 0) is 36.4 Å². The van der Waals surface area contributed by atoms with Crippen molar-refractivity contribution < 1.29 is 8.42 Å². The first-order valence-corrected chi connectivity index (χ1v) is 8.82. The number of hydrogen-bond donors (Lipinski definition) is 0. The van der Waals surface area contributed by atoms with Crippen LogP contribution in [0.25, 0.3) is 22.6 Å². The Labute approximate surface area is 135 Å². The molecule has 0 fully saturated rings. The lowest BCUT2D eigenvalue weighted by Crippen LogP contribution is -2.07. The van der Waals surface area contributed by atoms with Gasteiger partial charge in [0.25, 0.3) is 0 Å². The molecule has 0 radical (unpaired) electrons. The topological polar surface area (TPSA) is 72.8 Å². The lowest BCUT2D eigenvalue weighted by Gasteiger charge is -2.08. The molecule has 0 saturated heterocycles. The van der Waals surface area contributed by atoms with Crippen molar-refractivity contribution in [3.63, 3.8) is 0 Å². The van der Waals surface area contributed by atoms with E-state index in [1.165, 1.54) is 0 Å². The quantitative estimate of drug-likeness (QED) is 0.737. The van der Waals surface area contributed by atoms with Gasteiger partial charge in [-0.25, -0.2) is 8.42 Å². The molecule has 0 amide bonds. The third-order valence-corrected chi connectivity index (χ3v) is 5.21. The van der Waals surface area contributed by atoms with E-state index in [2.05, 4.69) is 15.0 Å². The van der Waals surface area contributed by atoms with E-state index in [0.29, 0.717) is 11.4 Å². The van der Waals surface area contributed by atoms with Crippen molar-refractivity contribution in [2.75, 3.05) is 5.75 Å². The zero-order valence-corrected chi connectivity index (χ0v) is 13.4. The van der Waals surface area contributed by atoms with Gasteiger partial charge in [-0.2, -0.15) is 0 Å². The number of aromatic nitrogens is 3. The Morgan fingerprint density at radius 2 is 1.70 bits per heavy atom. The molecule has 0 bridgehead atoms. The molecule has 3 rings (SSSR count). The summed E-state index contributed by atoms with van der Waals surface area (Å²) in [6, 6.07) is 12.5. The van der Waals surface area contributed by atoms with Gasteiger partial charge in [-0.3, -0.25) is 15.0 Å². The summed E-state index contributed by atoms with van der Waals surface area (Å²) in [5, 5.41) is 0. The third-order valence-electron chi connectivity index (χ3n) is 3.45. The van der Waals surface area contributed by atoms with Crippen LogP contribution in [0, 0.1) is 0 Å². The Morgan fingerprint density at radius 3 is 2.35 bits per heavy atom. The molecule has 0 aromatic carbocycles. The maximum Gasteiger partial charge on any atom is 0.180 e. The van der Waals surface area contributed by atoms with E-state index in [0.717, 1.165) is 11.3 Å². The summed E-state index contributed by atoms with van der Waals surface area (Å²) in [7, 11) is -3.35. The van der Waals surface area contributed by atoms with Crippen molar-refractivity contribution in [2.45, 2.75) is 11.8 Å². The number of sulfone groups is 1. The lowest BCUT2D eigenvalue weighted by molar-refractivity contribution is 0.597. The molecule has 0 spiro atoms. The molecule has 6 heteroatoms. The van der Waals surface area contributed by atoms with Crippen LogP contribution in [0.1, 0.15) is 6.92 Å². The normalized spacial score (nSPS) is 11.3.